The van der Waals surface area contributed by atoms with Gasteiger partial charge in [0.15, 0.2) is 0 Å². The number of carbonyl (C=O) groups excluding carboxylic acids is 1. The summed E-state index contributed by atoms with van der Waals surface area (Å²) in [7, 11) is -2.19. The molecular formula is C17H19IN2O4S. The Morgan fingerprint density at radius 3 is 2.64 bits per heavy atom. The van der Waals surface area contributed by atoms with Crippen LogP contribution in [0.15, 0.2) is 47.4 Å². The van der Waals surface area contributed by atoms with Crippen LogP contribution in [0, 0.1) is 10.5 Å². The molecule has 0 aromatic heterocycles. The number of sulfonamides is 1. The van der Waals surface area contributed by atoms with E-state index in [0.717, 1.165) is 9.13 Å². The highest BCUT2D eigenvalue weighted by molar-refractivity contribution is 14.1. The third kappa shape index (κ3) is 5.50. The van der Waals surface area contributed by atoms with Crippen LogP contribution in [-0.2, 0) is 14.8 Å². The van der Waals surface area contributed by atoms with Crippen molar-refractivity contribution in [2.24, 2.45) is 0 Å². The van der Waals surface area contributed by atoms with Gasteiger partial charge in [0.25, 0.3) is 5.91 Å². The average molecular weight is 474 g/mol. The molecule has 0 aliphatic carbocycles. The number of rotatable bonds is 7. The number of carbonyl (C=O) groups is 1. The van der Waals surface area contributed by atoms with E-state index in [2.05, 4.69) is 32.6 Å². The predicted octanol–water partition coefficient (Wildman–Crippen LogP) is 2.78. The summed E-state index contributed by atoms with van der Waals surface area (Å²) in [6, 6.07) is 11.6. The summed E-state index contributed by atoms with van der Waals surface area (Å²) in [5.41, 5.74) is 1.90. The summed E-state index contributed by atoms with van der Waals surface area (Å²) in [6.07, 6.45) is 0. The Labute approximate surface area is 161 Å². The van der Waals surface area contributed by atoms with Crippen LogP contribution in [0.5, 0.6) is 0 Å². The highest BCUT2D eigenvalue weighted by Crippen LogP contribution is 2.19. The molecule has 0 spiro atoms. The van der Waals surface area contributed by atoms with Crippen LogP contribution in [0.3, 0.4) is 0 Å². The van der Waals surface area contributed by atoms with Crippen molar-refractivity contribution >= 4 is 44.2 Å². The van der Waals surface area contributed by atoms with Gasteiger partial charge in [-0.05, 0) is 71.5 Å². The first-order valence-corrected chi connectivity index (χ1v) is 10.1. The van der Waals surface area contributed by atoms with Crippen molar-refractivity contribution in [3.05, 3.63) is 57.2 Å². The number of hydrogen-bond donors (Lipinski definition) is 2. The quantitative estimate of drug-likeness (QED) is 0.478. The Bertz CT molecular complexity index is 869. The van der Waals surface area contributed by atoms with E-state index >= 15 is 0 Å². The van der Waals surface area contributed by atoms with Crippen LogP contribution in [0.1, 0.15) is 15.9 Å². The van der Waals surface area contributed by atoms with Crippen molar-refractivity contribution < 1.29 is 17.9 Å². The number of anilines is 1. The zero-order valence-electron chi connectivity index (χ0n) is 13.9. The molecule has 1 amide bonds. The van der Waals surface area contributed by atoms with E-state index in [0.29, 0.717) is 5.69 Å². The van der Waals surface area contributed by atoms with Gasteiger partial charge in [0.1, 0.15) is 0 Å². The monoisotopic (exact) mass is 474 g/mol. The standard InChI is InChI=1S/C17H19IN2O4S/c1-12-10-14(18)6-7-16(12)20-17(21)13-4-3-5-15(11-13)25(22,23)19-8-9-24-2/h3-7,10-11,19H,8-9H2,1-2H3,(H,20,21). The van der Waals surface area contributed by atoms with Crippen molar-refractivity contribution in [2.75, 3.05) is 25.6 Å². The summed E-state index contributed by atoms with van der Waals surface area (Å²) in [4.78, 5) is 12.5. The van der Waals surface area contributed by atoms with E-state index in [9.17, 15) is 13.2 Å². The molecule has 0 saturated heterocycles. The lowest BCUT2D eigenvalue weighted by atomic mass is 10.1. The molecule has 0 aliphatic rings. The molecule has 0 bridgehead atoms. The molecule has 0 heterocycles. The number of hydrogen-bond acceptors (Lipinski definition) is 4. The number of benzene rings is 2. The molecule has 25 heavy (non-hydrogen) atoms. The molecular weight excluding hydrogens is 455 g/mol. The lowest BCUT2D eigenvalue weighted by Crippen LogP contribution is -2.27. The highest BCUT2D eigenvalue weighted by atomic mass is 127. The molecule has 6 nitrogen and oxygen atoms in total. The minimum absolute atomic E-state index is 0.0376. The lowest BCUT2D eigenvalue weighted by Gasteiger charge is -2.10. The smallest absolute Gasteiger partial charge is 0.255 e. The molecule has 0 radical (unpaired) electrons. The maximum atomic E-state index is 12.4. The maximum absolute atomic E-state index is 12.4. The van der Waals surface area contributed by atoms with Gasteiger partial charge in [0, 0.05) is 28.5 Å². The minimum atomic E-state index is -3.69. The van der Waals surface area contributed by atoms with E-state index in [-0.39, 0.29) is 29.5 Å². The zero-order chi connectivity index (χ0) is 18.4. The number of amides is 1. The SMILES string of the molecule is COCCNS(=O)(=O)c1cccc(C(=O)Nc2ccc(I)cc2C)c1. The molecule has 0 atom stereocenters. The van der Waals surface area contributed by atoms with E-state index < -0.39 is 10.0 Å². The third-order valence-electron chi connectivity index (χ3n) is 3.44. The Balaban J connectivity index is 2.18. The average Bonchev–Trinajstić information content (AvgIpc) is 2.57. The van der Waals surface area contributed by atoms with Crippen LogP contribution in [0.25, 0.3) is 0 Å². The Kier molecular flexibility index (Phi) is 6.94. The van der Waals surface area contributed by atoms with Gasteiger partial charge in [-0.25, -0.2) is 13.1 Å². The maximum Gasteiger partial charge on any atom is 0.255 e. The van der Waals surface area contributed by atoms with Gasteiger partial charge in [-0.15, -0.1) is 0 Å². The van der Waals surface area contributed by atoms with Crippen molar-refractivity contribution in [1.82, 2.24) is 4.72 Å². The molecule has 0 unspecified atom stereocenters. The van der Waals surface area contributed by atoms with Crippen LogP contribution in [-0.4, -0.2) is 34.6 Å². The molecule has 2 N–H and O–H groups in total. The van der Waals surface area contributed by atoms with E-state index in [1.165, 1.54) is 19.2 Å². The number of ether oxygens (including phenoxy) is 1. The number of halogens is 1. The Morgan fingerprint density at radius 2 is 1.96 bits per heavy atom. The first-order valence-electron chi connectivity index (χ1n) is 7.49. The van der Waals surface area contributed by atoms with Crippen LogP contribution in [0.2, 0.25) is 0 Å². The third-order valence-corrected chi connectivity index (χ3v) is 5.57. The second-order valence-corrected chi connectivity index (χ2v) is 8.34. The Hall–Kier alpha value is -1.49. The van der Waals surface area contributed by atoms with Crippen molar-refractivity contribution in [3.8, 4) is 0 Å². The molecule has 2 aromatic rings. The van der Waals surface area contributed by atoms with Crippen LogP contribution in [0.4, 0.5) is 5.69 Å². The van der Waals surface area contributed by atoms with Gasteiger partial charge in [0.2, 0.25) is 10.0 Å². The topological polar surface area (TPSA) is 84.5 Å². The summed E-state index contributed by atoms with van der Waals surface area (Å²) >= 11 is 2.20. The Morgan fingerprint density at radius 1 is 1.20 bits per heavy atom. The van der Waals surface area contributed by atoms with Crippen molar-refractivity contribution in [3.63, 3.8) is 0 Å². The summed E-state index contributed by atoms with van der Waals surface area (Å²) in [6.45, 7) is 2.33. The van der Waals surface area contributed by atoms with Crippen LogP contribution < -0.4 is 10.0 Å². The van der Waals surface area contributed by atoms with Gasteiger partial charge in [-0.3, -0.25) is 4.79 Å². The first-order chi connectivity index (χ1) is 11.8. The molecule has 134 valence electrons. The summed E-state index contributed by atoms with van der Waals surface area (Å²) < 4.78 is 32.8. The molecule has 0 fully saturated rings. The molecule has 0 aliphatic heterocycles. The van der Waals surface area contributed by atoms with Gasteiger partial charge < -0.3 is 10.1 Å². The first kappa shape index (κ1) is 19.8. The normalized spacial score (nSPS) is 11.3. The molecule has 2 rings (SSSR count). The van der Waals surface area contributed by atoms with Crippen molar-refractivity contribution in [1.29, 1.82) is 0 Å². The molecule has 0 saturated carbocycles. The minimum Gasteiger partial charge on any atom is -0.383 e. The summed E-state index contributed by atoms with van der Waals surface area (Å²) in [5, 5.41) is 2.81. The number of aryl methyl sites for hydroxylation is 1. The zero-order valence-corrected chi connectivity index (χ0v) is 16.8. The van der Waals surface area contributed by atoms with Gasteiger partial charge in [-0.1, -0.05) is 6.07 Å². The fraction of sp³-hybridized carbons (Fsp3) is 0.235. The van der Waals surface area contributed by atoms with E-state index in [1.807, 2.05) is 25.1 Å². The van der Waals surface area contributed by atoms with Crippen LogP contribution >= 0.6 is 22.6 Å². The summed E-state index contributed by atoms with van der Waals surface area (Å²) in [5.74, 6) is -0.363. The van der Waals surface area contributed by atoms with E-state index in [4.69, 9.17) is 4.74 Å². The highest BCUT2D eigenvalue weighted by Gasteiger charge is 2.16. The number of methoxy groups -OCH3 is 1. The predicted molar refractivity (Wildman–Crippen MR) is 105 cm³/mol. The number of nitrogens with one attached hydrogen (secondary N) is 2. The largest absolute Gasteiger partial charge is 0.383 e. The molecule has 8 heteroatoms. The van der Waals surface area contributed by atoms with Gasteiger partial charge in [-0.2, -0.15) is 0 Å². The second kappa shape index (κ2) is 8.75. The van der Waals surface area contributed by atoms with Crippen molar-refractivity contribution in [2.45, 2.75) is 11.8 Å². The fourth-order valence-corrected chi connectivity index (χ4v) is 3.83. The van der Waals surface area contributed by atoms with Gasteiger partial charge in [0.05, 0.1) is 11.5 Å². The van der Waals surface area contributed by atoms with E-state index in [1.54, 1.807) is 12.1 Å². The molecule has 2 aromatic carbocycles. The lowest BCUT2D eigenvalue weighted by molar-refractivity contribution is 0.102. The fourth-order valence-electron chi connectivity index (χ4n) is 2.13. The van der Waals surface area contributed by atoms with Gasteiger partial charge >= 0.3 is 0 Å². The second-order valence-electron chi connectivity index (χ2n) is 5.33.